The van der Waals surface area contributed by atoms with E-state index in [1.807, 2.05) is 55.5 Å². The van der Waals surface area contributed by atoms with Crippen molar-refractivity contribution in [2.24, 2.45) is 5.16 Å². The zero-order chi connectivity index (χ0) is 24.6. The number of hydrogen-bond acceptors (Lipinski definition) is 4. The van der Waals surface area contributed by atoms with Gasteiger partial charge >= 0.3 is 12.1 Å². The molecule has 0 aliphatic rings. The molecule has 0 radical (unpaired) electrons. The third-order valence-electron chi connectivity index (χ3n) is 5.15. The molecule has 0 spiro atoms. The van der Waals surface area contributed by atoms with E-state index in [0.29, 0.717) is 24.4 Å². The summed E-state index contributed by atoms with van der Waals surface area (Å²) < 4.78 is 38.1. The average molecular weight is 470 g/mol. The zero-order valence-electron chi connectivity index (χ0n) is 18.6. The molecule has 3 aromatic carbocycles. The quantitative estimate of drug-likeness (QED) is 0.221. The number of carbonyl (C=O) groups is 1. The summed E-state index contributed by atoms with van der Waals surface area (Å²) >= 11 is 0. The third-order valence-corrected chi connectivity index (χ3v) is 5.15. The summed E-state index contributed by atoms with van der Waals surface area (Å²) in [4.78, 5) is 16.0. The zero-order valence-corrected chi connectivity index (χ0v) is 18.6. The van der Waals surface area contributed by atoms with Crippen LogP contribution in [0.2, 0.25) is 0 Å². The Morgan fingerprint density at radius 1 is 0.912 bits per heavy atom. The summed E-state index contributed by atoms with van der Waals surface area (Å²) in [5.74, 6) is -0.829. The first-order valence-corrected chi connectivity index (χ1v) is 10.7. The number of nitrogens with one attached hydrogen (secondary N) is 1. The molecule has 0 aliphatic carbocycles. The predicted molar refractivity (Wildman–Crippen MR) is 124 cm³/mol. The van der Waals surface area contributed by atoms with E-state index in [1.165, 1.54) is 12.1 Å². The van der Waals surface area contributed by atoms with Gasteiger partial charge in [-0.2, -0.15) is 13.2 Å². The van der Waals surface area contributed by atoms with Crippen molar-refractivity contribution in [3.8, 4) is 11.1 Å². The summed E-state index contributed by atoms with van der Waals surface area (Å²) in [6, 6.07) is 20.2. The Hall–Kier alpha value is -3.65. The molecular formula is C26H25F3N2O3. The lowest BCUT2D eigenvalue weighted by Crippen LogP contribution is -2.17. The molecule has 0 fully saturated rings. The standard InChI is InChI=1S/C26H25F3N2O3/c1-18(21-6-2-19(3-7-21)16-30-15-14-25(32)33)31-34-17-20-4-8-22(9-5-20)23-10-12-24(13-11-23)26(27,28)29/h2-13,30H,14-17H2,1H3,(H,32,33)/b31-18+. The van der Waals surface area contributed by atoms with Crippen molar-refractivity contribution in [2.75, 3.05) is 6.54 Å². The molecule has 3 aromatic rings. The van der Waals surface area contributed by atoms with Gasteiger partial charge in [0.15, 0.2) is 0 Å². The van der Waals surface area contributed by atoms with Crippen molar-refractivity contribution >= 4 is 11.7 Å². The molecule has 0 aliphatic heterocycles. The van der Waals surface area contributed by atoms with E-state index in [2.05, 4.69) is 10.5 Å². The molecule has 5 nitrogen and oxygen atoms in total. The lowest BCUT2D eigenvalue weighted by atomic mass is 10.0. The van der Waals surface area contributed by atoms with Gasteiger partial charge in [0, 0.05) is 13.1 Å². The van der Waals surface area contributed by atoms with Gasteiger partial charge in [-0.3, -0.25) is 4.79 Å². The summed E-state index contributed by atoms with van der Waals surface area (Å²) in [7, 11) is 0. The number of carboxylic acids is 1. The van der Waals surface area contributed by atoms with Gasteiger partial charge in [0.25, 0.3) is 0 Å². The monoisotopic (exact) mass is 470 g/mol. The van der Waals surface area contributed by atoms with Crippen LogP contribution < -0.4 is 5.32 Å². The largest absolute Gasteiger partial charge is 0.481 e. The minimum absolute atomic E-state index is 0.0823. The molecule has 0 unspecified atom stereocenters. The van der Waals surface area contributed by atoms with E-state index >= 15 is 0 Å². The van der Waals surface area contributed by atoms with E-state index in [9.17, 15) is 18.0 Å². The topological polar surface area (TPSA) is 70.9 Å². The molecule has 0 saturated heterocycles. The van der Waals surface area contributed by atoms with Crippen molar-refractivity contribution in [3.63, 3.8) is 0 Å². The van der Waals surface area contributed by atoms with Crippen LogP contribution in [0.5, 0.6) is 0 Å². The molecule has 0 saturated carbocycles. The van der Waals surface area contributed by atoms with Crippen LogP contribution in [0.3, 0.4) is 0 Å². The van der Waals surface area contributed by atoms with Gasteiger partial charge in [0.05, 0.1) is 17.7 Å². The van der Waals surface area contributed by atoms with Crippen LogP contribution in [0.1, 0.15) is 35.6 Å². The lowest BCUT2D eigenvalue weighted by molar-refractivity contribution is -0.138. The molecule has 0 heterocycles. The fourth-order valence-corrected chi connectivity index (χ4v) is 3.19. The Kier molecular flexibility index (Phi) is 8.43. The number of alkyl halides is 3. The van der Waals surface area contributed by atoms with Crippen LogP contribution in [0, 0.1) is 0 Å². The Labute approximate surface area is 195 Å². The molecule has 0 amide bonds. The van der Waals surface area contributed by atoms with E-state index in [4.69, 9.17) is 9.94 Å². The van der Waals surface area contributed by atoms with Gasteiger partial charge in [0.2, 0.25) is 0 Å². The number of halogens is 3. The van der Waals surface area contributed by atoms with E-state index in [-0.39, 0.29) is 13.0 Å². The first-order chi connectivity index (χ1) is 16.2. The van der Waals surface area contributed by atoms with Crippen LogP contribution in [-0.2, 0) is 29.0 Å². The molecular weight excluding hydrogens is 445 g/mol. The van der Waals surface area contributed by atoms with Gasteiger partial charge in [-0.25, -0.2) is 0 Å². The maximum absolute atomic E-state index is 12.7. The van der Waals surface area contributed by atoms with Gasteiger partial charge in [-0.15, -0.1) is 0 Å². The molecule has 8 heteroatoms. The average Bonchev–Trinajstić information content (AvgIpc) is 2.82. The second-order valence-corrected chi connectivity index (χ2v) is 7.74. The van der Waals surface area contributed by atoms with Gasteiger partial charge < -0.3 is 15.3 Å². The molecule has 2 N–H and O–H groups in total. The maximum Gasteiger partial charge on any atom is 0.416 e. The molecule has 0 atom stereocenters. The predicted octanol–water partition coefficient (Wildman–Crippen LogP) is 5.88. The molecule has 178 valence electrons. The van der Waals surface area contributed by atoms with Crippen LogP contribution in [-0.4, -0.2) is 23.3 Å². The van der Waals surface area contributed by atoms with Crippen molar-refractivity contribution in [1.29, 1.82) is 0 Å². The highest BCUT2D eigenvalue weighted by Crippen LogP contribution is 2.31. The van der Waals surface area contributed by atoms with Crippen molar-refractivity contribution in [2.45, 2.75) is 32.7 Å². The van der Waals surface area contributed by atoms with Crippen molar-refractivity contribution in [3.05, 3.63) is 95.1 Å². The first kappa shape index (κ1) is 25.0. The Balaban J connectivity index is 1.50. The Morgan fingerprint density at radius 2 is 1.47 bits per heavy atom. The van der Waals surface area contributed by atoms with E-state index in [0.717, 1.165) is 34.4 Å². The van der Waals surface area contributed by atoms with E-state index in [1.54, 1.807) is 0 Å². The first-order valence-electron chi connectivity index (χ1n) is 10.7. The van der Waals surface area contributed by atoms with E-state index < -0.39 is 17.7 Å². The van der Waals surface area contributed by atoms with Crippen LogP contribution in [0.25, 0.3) is 11.1 Å². The third kappa shape index (κ3) is 7.45. The Morgan fingerprint density at radius 3 is 2.03 bits per heavy atom. The second kappa shape index (κ2) is 11.5. The van der Waals surface area contributed by atoms with Crippen LogP contribution >= 0.6 is 0 Å². The minimum Gasteiger partial charge on any atom is -0.481 e. The fourth-order valence-electron chi connectivity index (χ4n) is 3.19. The summed E-state index contributed by atoms with van der Waals surface area (Å²) in [5, 5.41) is 15.9. The highest BCUT2D eigenvalue weighted by Gasteiger charge is 2.29. The normalized spacial score (nSPS) is 11.9. The summed E-state index contributed by atoms with van der Waals surface area (Å²) in [5.41, 5.74) is 4.39. The second-order valence-electron chi connectivity index (χ2n) is 7.74. The van der Waals surface area contributed by atoms with Crippen molar-refractivity contribution < 1.29 is 27.9 Å². The number of carboxylic acid groups (broad SMARTS) is 1. The number of rotatable bonds is 10. The van der Waals surface area contributed by atoms with Crippen LogP contribution in [0.15, 0.2) is 78.0 Å². The molecule has 3 rings (SSSR count). The fraction of sp³-hybridized carbons (Fsp3) is 0.231. The number of aliphatic carboxylic acids is 1. The highest BCUT2D eigenvalue weighted by molar-refractivity contribution is 5.98. The molecule has 34 heavy (non-hydrogen) atoms. The summed E-state index contributed by atoms with van der Waals surface area (Å²) in [6.07, 6.45) is -4.26. The number of hydrogen-bond donors (Lipinski definition) is 2. The highest BCUT2D eigenvalue weighted by atomic mass is 19.4. The molecule has 0 aromatic heterocycles. The molecule has 0 bridgehead atoms. The maximum atomic E-state index is 12.7. The number of benzene rings is 3. The smallest absolute Gasteiger partial charge is 0.416 e. The lowest BCUT2D eigenvalue weighted by Gasteiger charge is -2.08. The number of nitrogens with zero attached hydrogens (tertiary/aromatic N) is 1. The van der Waals surface area contributed by atoms with Gasteiger partial charge in [-0.1, -0.05) is 65.8 Å². The van der Waals surface area contributed by atoms with Crippen molar-refractivity contribution in [1.82, 2.24) is 5.32 Å². The van der Waals surface area contributed by atoms with Gasteiger partial charge in [0.1, 0.15) is 6.61 Å². The minimum atomic E-state index is -4.35. The summed E-state index contributed by atoms with van der Waals surface area (Å²) in [6.45, 7) is 3.10. The SMILES string of the molecule is C/C(=N\OCc1ccc(-c2ccc(C(F)(F)F)cc2)cc1)c1ccc(CNCCC(=O)O)cc1. The van der Waals surface area contributed by atoms with Gasteiger partial charge in [-0.05, 0) is 46.9 Å². The Bertz CT molecular complexity index is 1110. The number of oxime groups is 1. The van der Waals surface area contributed by atoms with Crippen LogP contribution in [0.4, 0.5) is 13.2 Å².